The lowest BCUT2D eigenvalue weighted by molar-refractivity contribution is 0.354. The van der Waals surface area contributed by atoms with Gasteiger partial charge in [-0.05, 0) is 36.8 Å². The lowest BCUT2D eigenvalue weighted by Crippen LogP contribution is -2.26. The van der Waals surface area contributed by atoms with Crippen LogP contribution in [0.4, 0.5) is 5.69 Å². The minimum absolute atomic E-state index is 0.106. The summed E-state index contributed by atoms with van der Waals surface area (Å²) >= 11 is 6.08. The minimum Gasteiger partial charge on any atom is -0.493 e. The van der Waals surface area contributed by atoms with Crippen molar-refractivity contribution < 1.29 is 17.9 Å². The van der Waals surface area contributed by atoms with Gasteiger partial charge in [-0.1, -0.05) is 17.7 Å². The molecule has 0 spiro atoms. The Bertz CT molecular complexity index is 821. The molecule has 0 heterocycles. The first-order valence-electron chi connectivity index (χ1n) is 6.78. The van der Waals surface area contributed by atoms with Crippen LogP contribution in [-0.2, 0) is 10.0 Å². The van der Waals surface area contributed by atoms with E-state index in [-0.39, 0.29) is 4.90 Å². The van der Waals surface area contributed by atoms with Gasteiger partial charge < -0.3 is 9.47 Å². The van der Waals surface area contributed by atoms with Gasteiger partial charge in [-0.15, -0.1) is 0 Å². The van der Waals surface area contributed by atoms with Crippen molar-refractivity contribution in [1.82, 2.24) is 0 Å². The SMILES string of the molecule is COc1ccc(S(=O)(=O)N(C)c2ccc(C)c(Cl)c2)cc1OC. The number of halogens is 1. The summed E-state index contributed by atoms with van der Waals surface area (Å²) in [5.74, 6) is 0.816. The third-order valence-corrected chi connectivity index (χ3v) is 5.72. The quantitative estimate of drug-likeness (QED) is 0.823. The molecular formula is C16H18ClNO4S. The number of methoxy groups -OCH3 is 2. The number of aryl methyl sites for hydroxylation is 1. The van der Waals surface area contributed by atoms with Crippen molar-refractivity contribution in [2.75, 3.05) is 25.6 Å². The molecule has 0 radical (unpaired) electrons. The topological polar surface area (TPSA) is 55.8 Å². The van der Waals surface area contributed by atoms with Crippen molar-refractivity contribution in [3.8, 4) is 11.5 Å². The molecular weight excluding hydrogens is 338 g/mol. The Morgan fingerprint density at radius 2 is 1.65 bits per heavy atom. The molecule has 124 valence electrons. The van der Waals surface area contributed by atoms with Crippen LogP contribution in [0.25, 0.3) is 0 Å². The van der Waals surface area contributed by atoms with Crippen molar-refractivity contribution >= 4 is 27.3 Å². The van der Waals surface area contributed by atoms with E-state index in [1.165, 1.54) is 37.7 Å². The standard InChI is InChI=1S/C16H18ClNO4S/c1-11-5-6-12(9-14(11)17)18(2)23(19,20)13-7-8-15(21-3)16(10-13)22-4/h5-10H,1-4H3. The minimum atomic E-state index is -3.74. The maximum absolute atomic E-state index is 12.8. The van der Waals surface area contributed by atoms with Gasteiger partial charge in [0.1, 0.15) is 0 Å². The first kappa shape index (κ1) is 17.4. The molecule has 0 saturated heterocycles. The van der Waals surface area contributed by atoms with Crippen LogP contribution in [0.1, 0.15) is 5.56 Å². The maximum Gasteiger partial charge on any atom is 0.264 e. The van der Waals surface area contributed by atoms with E-state index in [4.69, 9.17) is 21.1 Å². The van der Waals surface area contributed by atoms with E-state index in [1.807, 2.05) is 6.92 Å². The van der Waals surface area contributed by atoms with Gasteiger partial charge >= 0.3 is 0 Å². The number of benzene rings is 2. The normalized spacial score (nSPS) is 11.2. The van der Waals surface area contributed by atoms with E-state index in [0.717, 1.165) is 5.56 Å². The van der Waals surface area contributed by atoms with Gasteiger partial charge in [0, 0.05) is 18.1 Å². The molecule has 23 heavy (non-hydrogen) atoms. The number of ether oxygens (including phenoxy) is 2. The lowest BCUT2D eigenvalue weighted by atomic mass is 10.2. The average molecular weight is 356 g/mol. The van der Waals surface area contributed by atoms with Gasteiger partial charge in [0.05, 0.1) is 24.8 Å². The summed E-state index contributed by atoms with van der Waals surface area (Å²) in [6.07, 6.45) is 0. The summed E-state index contributed by atoms with van der Waals surface area (Å²) in [6.45, 7) is 1.86. The summed E-state index contributed by atoms with van der Waals surface area (Å²) in [5.41, 5.74) is 1.36. The van der Waals surface area contributed by atoms with Gasteiger partial charge in [0.2, 0.25) is 0 Å². The van der Waals surface area contributed by atoms with Crippen LogP contribution in [0.15, 0.2) is 41.3 Å². The van der Waals surface area contributed by atoms with Crippen molar-refractivity contribution in [3.63, 3.8) is 0 Å². The van der Waals surface area contributed by atoms with Crippen LogP contribution in [-0.4, -0.2) is 29.7 Å². The number of hydrogen-bond acceptors (Lipinski definition) is 4. The second-order valence-corrected chi connectivity index (χ2v) is 7.30. The summed E-state index contributed by atoms with van der Waals surface area (Å²) in [6, 6.07) is 9.57. The van der Waals surface area contributed by atoms with Gasteiger partial charge in [0.25, 0.3) is 10.0 Å². The highest BCUT2D eigenvalue weighted by Crippen LogP contribution is 2.32. The van der Waals surface area contributed by atoms with Crippen molar-refractivity contribution in [2.24, 2.45) is 0 Å². The molecule has 0 unspecified atom stereocenters. The molecule has 2 aromatic carbocycles. The molecule has 0 bridgehead atoms. The smallest absolute Gasteiger partial charge is 0.264 e. The van der Waals surface area contributed by atoms with Crippen LogP contribution in [0.5, 0.6) is 11.5 Å². The van der Waals surface area contributed by atoms with E-state index in [1.54, 1.807) is 24.3 Å². The fourth-order valence-corrected chi connectivity index (χ4v) is 3.43. The first-order valence-corrected chi connectivity index (χ1v) is 8.60. The third-order valence-electron chi connectivity index (χ3n) is 3.53. The lowest BCUT2D eigenvalue weighted by Gasteiger charge is -2.21. The monoisotopic (exact) mass is 355 g/mol. The number of nitrogens with zero attached hydrogens (tertiary/aromatic N) is 1. The van der Waals surface area contributed by atoms with E-state index in [0.29, 0.717) is 22.2 Å². The van der Waals surface area contributed by atoms with Gasteiger partial charge in [0.15, 0.2) is 11.5 Å². The van der Waals surface area contributed by atoms with Crippen LogP contribution in [0.2, 0.25) is 5.02 Å². The Kier molecular flexibility index (Phi) is 5.06. The molecule has 0 aliphatic rings. The summed E-state index contributed by atoms with van der Waals surface area (Å²) in [4.78, 5) is 0.106. The zero-order valence-electron chi connectivity index (χ0n) is 13.3. The average Bonchev–Trinajstić information content (AvgIpc) is 2.55. The number of rotatable bonds is 5. The van der Waals surface area contributed by atoms with Crippen molar-refractivity contribution in [2.45, 2.75) is 11.8 Å². The van der Waals surface area contributed by atoms with Crippen LogP contribution < -0.4 is 13.8 Å². The second kappa shape index (κ2) is 6.68. The molecule has 0 atom stereocenters. The number of anilines is 1. The molecule has 5 nitrogen and oxygen atoms in total. The van der Waals surface area contributed by atoms with Crippen LogP contribution in [0, 0.1) is 6.92 Å². The Labute approximate surface area is 141 Å². The zero-order valence-corrected chi connectivity index (χ0v) is 14.9. The Balaban J connectivity index is 2.46. The van der Waals surface area contributed by atoms with Gasteiger partial charge in [-0.25, -0.2) is 8.42 Å². The van der Waals surface area contributed by atoms with Crippen molar-refractivity contribution in [1.29, 1.82) is 0 Å². The molecule has 0 saturated carbocycles. The van der Waals surface area contributed by atoms with E-state index in [9.17, 15) is 8.42 Å². The Morgan fingerprint density at radius 3 is 2.22 bits per heavy atom. The summed E-state index contributed by atoms with van der Waals surface area (Å²) < 4.78 is 37.0. The predicted octanol–water partition coefficient (Wildman–Crippen LogP) is 3.49. The molecule has 2 rings (SSSR count). The Hall–Kier alpha value is -1.92. The predicted molar refractivity (Wildman–Crippen MR) is 91.3 cm³/mol. The molecule has 0 aliphatic carbocycles. The molecule has 0 fully saturated rings. The first-order chi connectivity index (χ1) is 10.8. The fraction of sp³-hybridized carbons (Fsp3) is 0.250. The largest absolute Gasteiger partial charge is 0.493 e. The molecule has 0 N–H and O–H groups in total. The zero-order chi connectivity index (χ0) is 17.2. The highest BCUT2D eigenvalue weighted by atomic mass is 35.5. The highest BCUT2D eigenvalue weighted by molar-refractivity contribution is 7.92. The number of sulfonamides is 1. The van der Waals surface area contributed by atoms with Crippen LogP contribution >= 0.6 is 11.6 Å². The van der Waals surface area contributed by atoms with Gasteiger partial charge in [-0.2, -0.15) is 0 Å². The summed E-state index contributed by atoms with van der Waals surface area (Å²) in [7, 11) is 0.688. The van der Waals surface area contributed by atoms with E-state index in [2.05, 4.69) is 0 Å². The molecule has 7 heteroatoms. The van der Waals surface area contributed by atoms with Gasteiger partial charge in [-0.3, -0.25) is 4.31 Å². The Morgan fingerprint density at radius 1 is 1.00 bits per heavy atom. The molecule has 0 aromatic heterocycles. The maximum atomic E-state index is 12.8. The summed E-state index contributed by atoms with van der Waals surface area (Å²) in [5, 5.41) is 0.511. The molecule has 0 amide bonds. The third kappa shape index (κ3) is 3.38. The molecule has 0 aliphatic heterocycles. The second-order valence-electron chi connectivity index (χ2n) is 4.92. The highest BCUT2D eigenvalue weighted by Gasteiger charge is 2.23. The van der Waals surface area contributed by atoms with E-state index >= 15 is 0 Å². The van der Waals surface area contributed by atoms with Crippen molar-refractivity contribution in [3.05, 3.63) is 47.0 Å². The number of hydrogen-bond donors (Lipinski definition) is 0. The molecule has 2 aromatic rings. The van der Waals surface area contributed by atoms with E-state index < -0.39 is 10.0 Å². The fourth-order valence-electron chi connectivity index (χ4n) is 2.05. The van der Waals surface area contributed by atoms with Crippen LogP contribution in [0.3, 0.4) is 0 Å².